The molecule has 9 heteroatoms. The lowest BCUT2D eigenvalue weighted by Gasteiger charge is -2.32. The molecule has 0 fully saturated rings. The number of aliphatic hydroxyl groups is 1. The van der Waals surface area contributed by atoms with Crippen molar-refractivity contribution in [2.75, 3.05) is 13.2 Å². The number of alkyl carbamates (subject to hydrolysis) is 1. The van der Waals surface area contributed by atoms with Gasteiger partial charge in [-0.3, -0.25) is 9.63 Å². The van der Waals surface area contributed by atoms with Crippen molar-refractivity contribution >= 4 is 18.0 Å². The summed E-state index contributed by atoms with van der Waals surface area (Å²) in [5.41, 5.74) is 0.254. The highest BCUT2D eigenvalue weighted by atomic mass is 16.7. The number of rotatable bonds is 13. The van der Waals surface area contributed by atoms with Crippen molar-refractivity contribution in [3.8, 4) is 0 Å². The molecular formula is C25H40N2O7. The fourth-order valence-corrected chi connectivity index (χ4v) is 3.30. The first kappa shape index (κ1) is 29.4. The summed E-state index contributed by atoms with van der Waals surface area (Å²) in [5, 5.41) is 22.7. The van der Waals surface area contributed by atoms with Gasteiger partial charge in [0.25, 0.3) is 0 Å². The van der Waals surface area contributed by atoms with E-state index in [-0.39, 0.29) is 31.3 Å². The second-order valence-electron chi connectivity index (χ2n) is 9.54. The number of nitrogens with one attached hydrogen (secondary N) is 1. The molecule has 0 saturated carbocycles. The van der Waals surface area contributed by atoms with Gasteiger partial charge in [-0.1, -0.05) is 57.5 Å². The molecule has 192 valence electrons. The molecule has 4 atom stereocenters. The van der Waals surface area contributed by atoms with Gasteiger partial charge < -0.3 is 20.3 Å². The third-order valence-corrected chi connectivity index (χ3v) is 5.49. The van der Waals surface area contributed by atoms with Crippen molar-refractivity contribution in [1.29, 1.82) is 0 Å². The molecule has 2 unspecified atom stereocenters. The maximum Gasteiger partial charge on any atom is 0.407 e. The number of aliphatic hydroxyl groups excluding tert-OH is 1. The second kappa shape index (κ2) is 13.9. The quantitative estimate of drug-likeness (QED) is 0.367. The Morgan fingerprint density at radius 2 is 1.74 bits per heavy atom. The number of amides is 2. The first-order valence-electron chi connectivity index (χ1n) is 11.7. The number of carbonyl (C=O) groups excluding carboxylic acids is 2. The van der Waals surface area contributed by atoms with Gasteiger partial charge in [0.05, 0.1) is 12.6 Å². The van der Waals surface area contributed by atoms with Crippen molar-refractivity contribution in [1.82, 2.24) is 10.4 Å². The number of hydroxylamine groups is 2. The molecule has 1 aromatic rings. The summed E-state index contributed by atoms with van der Waals surface area (Å²) in [7, 11) is 0. The summed E-state index contributed by atoms with van der Waals surface area (Å²) in [6.07, 6.45) is -0.0786. The minimum atomic E-state index is -1.36. The predicted octanol–water partition coefficient (Wildman–Crippen LogP) is 3.72. The maximum atomic E-state index is 13.2. The van der Waals surface area contributed by atoms with Crippen LogP contribution in [0.25, 0.3) is 0 Å². The van der Waals surface area contributed by atoms with Crippen LogP contribution in [0.1, 0.15) is 72.3 Å². The van der Waals surface area contributed by atoms with Crippen LogP contribution in [-0.2, 0) is 19.2 Å². The van der Waals surface area contributed by atoms with E-state index in [0.717, 1.165) is 10.6 Å². The number of aliphatic carboxylic acids is 1. The normalized spacial score (nSPS) is 15.0. The van der Waals surface area contributed by atoms with Crippen molar-refractivity contribution < 1.29 is 34.2 Å². The standard InChI is InChI=1S/C25H40N2O7/c1-7-17(2)20(26-24(32)34-25(4,5)6)16-33-27(21(13-14-28)23(30)31)22(29)15-18(3)19-11-9-8-10-12-19/h8-12,17-18,20-21,28H,7,13-16H2,1-6H3,(H,26,32)(H,30,31)/t17?,18-,20?,21-/m0/s1. The van der Waals surface area contributed by atoms with E-state index in [9.17, 15) is 24.6 Å². The zero-order chi connectivity index (χ0) is 25.9. The number of carboxylic acid groups (broad SMARTS) is 1. The number of ether oxygens (including phenoxy) is 1. The highest BCUT2D eigenvalue weighted by Crippen LogP contribution is 2.22. The lowest BCUT2D eigenvalue weighted by atomic mass is 9.97. The fourth-order valence-electron chi connectivity index (χ4n) is 3.30. The van der Waals surface area contributed by atoms with E-state index in [1.54, 1.807) is 20.8 Å². The van der Waals surface area contributed by atoms with Crippen molar-refractivity contribution in [2.24, 2.45) is 5.92 Å². The topological polar surface area (TPSA) is 125 Å². The minimum absolute atomic E-state index is 0.0205. The van der Waals surface area contributed by atoms with E-state index in [2.05, 4.69) is 5.32 Å². The van der Waals surface area contributed by atoms with Gasteiger partial charge in [-0.25, -0.2) is 14.7 Å². The van der Waals surface area contributed by atoms with E-state index < -0.39 is 42.3 Å². The van der Waals surface area contributed by atoms with Crippen LogP contribution in [-0.4, -0.2) is 64.1 Å². The third kappa shape index (κ3) is 10.1. The van der Waals surface area contributed by atoms with Crippen LogP contribution in [0.2, 0.25) is 0 Å². The molecule has 0 saturated heterocycles. The molecule has 0 spiro atoms. The molecule has 0 aliphatic rings. The van der Waals surface area contributed by atoms with E-state index in [1.165, 1.54) is 0 Å². The highest BCUT2D eigenvalue weighted by molar-refractivity contribution is 5.83. The molecule has 0 aliphatic carbocycles. The Labute approximate surface area is 202 Å². The molecule has 0 bridgehead atoms. The van der Waals surface area contributed by atoms with Gasteiger partial charge in [-0.15, -0.1) is 0 Å². The van der Waals surface area contributed by atoms with Crippen LogP contribution in [0.3, 0.4) is 0 Å². The smallest absolute Gasteiger partial charge is 0.407 e. The summed E-state index contributed by atoms with van der Waals surface area (Å²) in [6.45, 7) is 10.4. The van der Waals surface area contributed by atoms with Gasteiger partial charge in [0.1, 0.15) is 5.60 Å². The molecule has 9 nitrogen and oxygen atoms in total. The summed E-state index contributed by atoms with van der Waals surface area (Å²) < 4.78 is 5.33. The van der Waals surface area contributed by atoms with Crippen molar-refractivity contribution in [3.63, 3.8) is 0 Å². The molecule has 0 aliphatic heterocycles. The van der Waals surface area contributed by atoms with Crippen molar-refractivity contribution in [3.05, 3.63) is 35.9 Å². The Morgan fingerprint density at radius 1 is 1.12 bits per heavy atom. The summed E-state index contributed by atoms with van der Waals surface area (Å²) in [6, 6.07) is 7.53. The summed E-state index contributed by atoms with van der Waals surface area (Å²) in [5.74, 6) is -2.00. The van der Waals surface area contributed by atoms with Crippen molar-refractivity contribution in [2.45, 2.75) is 84.4 Å². The lowest BCUT2D eigenvalue weighted by Crippen LogP contribution is -2.50. The Balaban J connectivity index is 3.04. The van der Waals surface area contributed by atoms with Gasteiger partial charge in [0.2, 0.25) is 5.91 Å². The van der Waals surface area contributed by atoms with Gasteiger partial charge in [0.15, 0.2) is 6.04 Å². The fraction of sp³-hybridized carbons (Fsp3) is 0.640. The summed E-state index contributed by atoms with van der Waals surface area (Å²) >= 11 is 0. The minimum Gasteiger partial charge on any atom is -0.480 e. The Hall–Kier alpha value is -2.65. The van der Waals surface area contributed by atoms with Gasteiger partial charge in [0, 0.05) is 19.4 Å². The van der Waals surface area contributed by atoms with Crippen LogP contribution in [0.5, 0.6) is 0 Å². The zero-order valence-electron chi connectivity index (χ0n) is 21.1. The number of nitrogens with zero attached hydrogens (tertiary/aromatic N) is 1. The largest absolute Gasteiger partial charge is 0.480 e. The SMILES string of the molecule is CCC(C)C(CON(C(=O)C[C@H](C)c1ccccc1)[C@@H](CCO)C(=O)O)NC(=O)OC(C)(C)C. The van der Waals surface area contributed by atoms with Crippen LogP contribution >= 0.6 is 0 Å². The van der Waals surface area contributed by atoms with E-state index in [1.807, 2.05) is 51.1 Å². The number of hydrogen-bond donors (Lipinski definition) is 3. The molecule has 1 aromatic carbocycles. The average Bonchev–Trinajstić information content (AvgIpc) is 2.76. The van der Waals surface area contributed by atoms with Crippen LogP contribution in [0.4, 0.5) is 4.79 Å². The zero-order valence-corrected chi connectivity index (χ0v) is 21.1. The third-order valence-electron chi connectivity index (χ3n) is 5.49. The molecule has 34 heavy (non-hydrogen) atoms. The maximum absolute atomic E-state index is 13.2. The van der Waals surface area contributed by atoms with Gasteiger partial charge in [-0.2, -0.15) is 0 Å². The number of benzene rings is 1. The number of carbonyl (C=O) groups is 3. The first-order chi connectivity index (χ1) is 15.9. The average molecular weight is 481 g/mol. The first-order valence-corrected chi connectivity index (χ1v) is 11.7. The number of hydrogen-bond acceptors (Lipinski definition) is 6. The molecule has 1 rings (SSSR count). The van der Waals surface area contributed by atoms with E-state index in [0.29, 0.717) is 6.42 Å². The second-order valence-corrected chi connectivity index (χ2v) is 9.54. The highest BCUT2D eigenvalue weighted by Gasteiger charge is 2.33. The molecule has 3 N–H and O–H groups in total. The molecule has 0 heterocycles. The monoisotopic (exact) mass is 480 g/mol. The number of carboxylic acids is 1. The van der Waals surface area contributed by atoms with E-state index >= 15 is 0 Å². The predicted molar refractivity (Wildman–Crippen MR) is 128 cm³/mol. The Kier molecular flexibility index (Phi) is 12.0. The van der Waals surface area contributed by atoms with Crippen LogP contribution in [0, 0.1) is 5.92 Å². The van der Waals surface area contributed by atoms with E-state index in [4.69, 9.17) is 9.57 Å². The Bertz CT molecular complexity index is 779. The Morgan fingerprint density at radius 3 is 2.24 bits per heavy atom. The van der Waals surface area contributed by atoms with Gasteiger partial charge in [-0.05, 0) is 38.2 Å². The van der Waals surface area contributed by atoms with Crippen LogP contribution in [0.15, 0.2) is 30.3 Å². The molecular weight excluding hydrogens is 440 g/mol. The molecule has 2 amide bonds. The van der Waals surface area contributed by atoms with Gasteiger partial charge >= 0.3 is 12.1 Å². The molecule has 0 aromatic heterocycles. The lowest BCUT2D eigenvalue weighted by molar-refractivity contribution is -0.211. The molecule has 0 radical (unpaired) electrons. The van der Waals surface area contributed by atoms with Crippen LogP contribution < -0.4 is 5.32 Å². The summed E-state index contributed by atoms with van der Waals surface area (Å²) in [4.78, 5) is 43.1.